The number of hydrogen-bond donors (Lipinski definition) is 2. The molecule has 5 heteroatoms. The fraction of sp³-hybridized carbons (Fsp3) is 0.500. The molecule has 1 aromatic carbocycles. The van der Waals surface area contributed by atoms with Gasteiger partial charge in [0.25, 0.3) is 0 Å². The number of allylic oxidation sites excluding steroid dienone is 2. The second-order valence-electron chi connectivity index (χ2n) is 7.20. The van der Waals surface area contributed by atoms with Crippen molar-refractivity contribution in [1.29, 1.82) is 0 Å². The average Bonchev–Trinajstić information content (AvgIpc) is 3.20. The standard InChI is InChI=1S/C20H25NO4/c1-12(2)13-5-7-16(8-6-13)25-10-9-21-19(22)17-14-3-4-15(11-14)18(17)20(23)24/h3-8,12,14-15,17-18H,9-11H2,1-2H3,(H,21,22)(H,23,24). The van der Waals surface area contributed by atoms with Gasteiger partial charge in [-0.25, -0.2) is 0 Å². The zero-order valence-electron chi connectivity index (χ0n) is 14.6. The topological polar surface area (TPSA) is 75.6 Å². The summed E-state index contributed by atoms with van der Waals surface area (Å²) in [7, 11) is 0. The summed E-state index contributed by atoms with van der Waals surface area (Å²) >= 11 is 0. The molecule has 4 atom stereocenters. The maximum absolute atomic E-state index is 12.4. The molecule has 2 aliphatic carbocycles. The number of carboxylic acids is 1. The molecule has 0 radical (unpaired) electrons. The van der Waals surface area contributed by atoms with Gasteiger partial charge in [-0.3, -0.25) is 9.59 Å². The van der Waals surface area contributed by atoms with Crippen molar-refractivity contribution in [3.8, 4) is 5.75 Å². The maximum Gasteiger partial charge on any atom is 0.307 e. The normalized spacial score (nSPS) is 26.8. The minimum atomic E-state index is -0.876. The number of nitrogens with one attached hydrogen (secondary N) is 1. The fourth-order valence-corrected chi connectivity index (χ4v) is 3.93. The molecule has 1 saturated carbocycles. The van der Waals surface area contributed by atoms with Gasteiger partial charge in [-0.2, -0.15) is 0 Å². The number of aliphatic carboxylic acids is 1. The van der Waals surface area contributed by atoms with Crippen LogP contribution in [0.3, 0.4) is 0 Å². The molecule has 0 saturated heterocycles. The molecular weight excluding hydrogens is 318 g/mol. The Kier molecular flexibility index (Phi) is 5.11. The summed E-state index contributed by atoms with van der Waals surface area (Å²) in [6.07, 6.45) is 4.70. The van der Waals surface area contributed by atoms with Crippen molar-refractivity contribution in [2.45, 2.75) is 26.2 Å². The van der Waals surface area contributed by atoms with Gasteiger partial charge in [0.15, 0.2) is 0 Å². The molecule has 4 unspecified atom stereocenters. The second kappa shape index (κ2) is 7.30. The summed E-state index contributed by atoms with van der Waals surface area (Å²) < 4.78 is 5.64. The summed E-state index contributed by atoms with van der Waals surface area (Å²) in [6.45, 7) is 5.01. The van der Waals surface area contributed by atoms with Crippen LogP contribution in [0.2, 0.25) is 0 Å². The van der Waals surface area contributed by atoms with Crippen molar-refractivity contribution in [1.82, 2.24) is 5.32 Å². The smallest absolute Gasteiger partial charge is 0.307 e. The van der Waals surface area contributed by atoms with Crippen molar-refractivity contribution >= 4 is 11.9 Å². The van der Waals surface area contributed by atoms with Gasteiger partial charge in [0.05, 0.1) is 18.4 Å². The first-order chi connectivity index (χ1) is 12.0. The van der Waals surface area contributed by atoms with Crippen LogP contribution in [0.4, 0.5) is 0 Å². The Balaban J connectivity index is 1.46. The Hall–Kier alpha value is -2.30. The lowest BCUT2D eigenvalue weighted by Crippen LogP contribution is -2.41. The van der Waals surface area contributed by atoms with E-state index in [1.54, 1.807) is 0 Å². The van der Waals surface area contributed by atoms with E-state index in [4.69, 9.17) is 4.74 Å². The van der Waals surface area contributed by atoms with E-state index < -0.39 is 17.8 Å². The van der Waals surface area contributed by atoms with Crippen molar-refractivity contribution in [3.63, 3.8) is 0 Å². The number of carboxylic acid groups (broad SMARTS) is 1. The van der Waals surface area contributed by atoms with Crippen LogP contribution in [0.15, 0.2) is 36.4 Å². The number of ether oxygens (including phenoxy) is 1. The number of fused-ring (bicyclic) bond motifs is 2. The van der Waals surface area contributed by atoms with Crippen molar-refractivity contribution < 1.29 is 19.4 Å². The molecule has 1 amide bonds. The lowest BCUT2D eigenvalue weighted by molar-refractivity contribution is -0.147. The molecule has 2 bridgehead atoms. The van der Waals surface area contributed by atoms with Gasteiger partial charge in [0.1, 0.15) is 12.4 Å². The number of rotatable bonds is 7. The Morgan fingerprint density at radius 2 is 1.80 bits per heavy atom. The molecular formula is C20H25NO4. The number of hydrogen-bond acceptors (Lipinski definition) is 3. The number of amides is 1. The third kappa shape index (κ3) is 3.70. The van der Waals surface area contributed by atoms with Gasteiger partial charge in [-0.15, -0.1) is 0 Å². The fourth-order valence-electron chi connectivity index (χ4n) is 3.93. The predicted octanol–water partition coefficient (Wildman–Crippen LogP) is 2.83. The molecule has 0 aliphatic heterocycles. The largest absolute Gasteiger partial charge is 0.492 e. The van der Waals surface area contributed by atoms with Crippen LogP contribution in [-0.2, 0) is 9.59 Å². The van der Waals surface area contributed by atoms with Crippen LogP contribution < -0.4 is 10.1 Å². The van der Waals surface area contributed by atoms with Gasteiger partial charge in [-0.05, 0) is 41.9 Å². The summed E-state index contributed by atoms with van der Waals surface area (Å²) in [6, 6.07) is 7.94. The van der Waals surface area contributed by atoms with Crippen molar-refractivity contribution in [3.05, 3.63) is 42.0 Å². The lowest BCUT2D eigenvalue weighted by atomic mass is 9.82. The molecule has 3 rings (SSSR count). The SMILES string of the molecule is CC(C)c1ccc(OCCNC(=O)C2C3C=CC(C3)C2C(=O)O)cc1. The van der Waals surface area contributed by atoms with Crippen LogP contribution in [0, 0.1) is 23.7 Å². The molecule has 0 aromatic heterocycles. The molecule has 2 aliphatic rings. The molecule has 5 nitrogen and oxygen atoms in total. The summed E-state index contributed by atoms with van der Waals surface area (Å²) in [4.78, 5) is 23.9. The van der Waals surface area contributed by atoms with E-state index in [9.17, 15) is 14.7 Å². The summed E-state index contributed by atoms with van der Waals surface area (Å²) in [5.74, 6) is -0.820. The number of benzene rings is 1. The van der Waals surface area contributed by atoms with Crippen LogP contribution in [0.5, 0.6) is 5.75 Å². The van der Waals surface area contributed by atoms with Gasteiger partial charge in [-0.1, -0.05) is 38.1 Å². The Bertz CT molecular complexity index is 665. The predicted molar refractivity (Wildman–Crippen MR) is 94.4 cm³/mol. The number of carbonyl (C=O) groups is 2. The summed E-state index contributed by atoms with van der Waals surface area (Å²) in [5.41, 5.74) is 1.25. The highest BCUT2D eigenvalue weighted by Gasteiger charge is 2.51. The van der Waals surface area contributed by atoms with E-state index in [1.807, 2.05) is 36.4 Å². The Labute approximate surface area is 148 Å². The first-order valence-corrected chi connectivity index (χ1v) is 8.89. The zero-order chi connectivity index (χ0) is 18.0. The molecule has 134 valence electrons. The second-order valence-corrected chi connectivity index (χ2v) is 7.20. The van der Waals surface area contributed by atoms with E-state index in [2.05, 4.69) is 19.2 Å². The minimum Gasteiger partial charge on any atom is -0.492 e. The average molecular weight is 343 g/mol. The summed E-state index contributed by atoms with van der Waals surface area (Å²) in [5, 5.41) is 12.2. The Morgan fingerprint density at radius 1 is 1.16 bits per heavy atom. The highest BCUT2D eigenvalue weighted by atomic mass is 16.5. The van der Waals surface area contributed by atoms with Crippen LogP contribution >= 0.6 is 0 Å². The molecule has 0 spiro atoms. The van der Waals surface area contributed by atoms with E-state index in [1.165, 1.54) is 5.56 Å². The third-order valence-corrected chi connectivity index (χ3v) is 5.26. The first kappa shape index (κ1) is 17.5. The van der Waals surface area contributed by atoms with Gasteiger partial charge in [0.2, 0.25) is 5.91 Å². The molecule has 1 fully saturated rings. The highest BCUT2D eigenvalue weighted by Crippen LogP contribution is 2.48. The van der Waals surface area contributed by atoms with E-state index >= 15 is 0 Å². The van der Waals surface area contributed by atoms with Gasteiger partial charge < -0.3 is 15.2 Å². The zero-order valence-corrected chi connectivity index (χ0v) is 14.6. The molecule has 2 N–H and O–H groups in total. The monoisotopic (exact) mass is 343 g/mol. The van der Waals surface area contributed by atoms with E-state index in [-0.39, 0.29) is 17.7 Å². The highest BCUT2D eigenvalue weighted by molar-refractivity contribution is 5.86. The van der Waals surface area contributed by atoms with Crippen molar-refractivity contribution in [2.75, 3.05) is 13.2 Å². The lowest BCUT2D eigenvalue weighted by Gasteiger charge is -2.23. The van der Waals surface area contributed by atoms with Crippen LogP contribution in [-0.4, -0.2) is 30.1 Å². The van der Waals surface area contributed by atoms with Crippen molar-refractivity contribution in [2.24, 2.45) is 23.7 Å². The molecule has 1 aromatic rings. The Morgan fingerprint density at radius 3 is 2.40 bits per heavy atom. The minimum absolute atomic E-state index is 0.00558. The third-order valence-electron chi connectivity index (χ3n) is 5.26. The molecule has 0 heterocycles. The van der Waals surface area contributed by atoms with E-state index in [0.29, 0.717) is 19.1 Å². The number of carbonyl (C=O) groups excluding carboxylic acids is 1. The van der Waals surface area contributed by atoms with Crippen LogP contribution in [0.1, 0.15) is 31.7 Å². The van der Waals surface area contributed by atoms with E-state index in [0.717, 1.165) is 12.2 Å². The molecule has 25 heavy (non-hydrogen) atoms. The van der Waals surface area contributed by atoms with Crippen LogP contribution in [0.25, 0.3) is 0 Å². The quantitative estimate of drug-likeness (QED) is 0.590. The first-order valence-electron chi connectivity index (χ1n) is 8.89. The van der Waals surface area contributed by atoms with Gasteiger partial charge in [0, 0.05) is 0 Å². The van der Waals surface area contributed by atoms with Gasteiger partial charge >= 0.3 is 5.97 Å². The maximum atomic E-state index is 12.4.